The molecule has 2 rings (SSSR count). The fourth-order valence-corrected chi connectivity index (χ4v) is 2.84. The van der Waals surface area contributed by atoms with E-state index in [1.165, 1.54) is 11.3 Å². The van der Waals surface area contributed by atoms with E-state index < -0.39 is 0 Å². The monoisotopic (exact) mass is 457 g/mol. The number of anilines is 1. The number of aromatic nitrogens is 2. The van der Waals surface area contributed by atoms with Crippen LogP contribution >= 0.6 is 24.0 Å². The number of methoxy groups -OCH3 is 1. The number of rotatable bonds is 7. The maximum Gasteiger partial charge on any atom is 0.193 e. The van der Waals surface area contributed by atoms with Crippen LogP contribution in [0.1, 0.15) is 36.4 Å². The van der Waals surface area contributed by atoms with Crippen LogP contribution in [0.5, 0.6) is 0 Å². The summed E-state index contributed by atoms with van der Waals surface area (Å²) in [6, 6.07) is 7.91. The molecule has 7 heteroatoms. The van der Waals surface area contributed by atoms with Crippen LogP contribution in [0.3, 0.4) is 0 Å². The van der Waals surface area contributed by atoms with Crippen molar-refractivity contribution in [3.63, 3.8) is 0 Å². The SMILES string of the molecule is CCc1nn(C)c(CC)c1CN=C(N)Nc1ccccc1COC.I. The van der Waals surface area contributed by atoms with Crippen molar-refractivity contribution in [1.82, 2.24) is 9.78 Å². The molecule has 6 nitrogen and oxygen atoms in total. The van der Waals surface area contributed by atoms with Gasteiger partial charge in [-0.25, -0.2) is 4.99 Å². The second kappa shape index (κ2) is 10.4. The van der Waals surface area contributed by atoms with Gasteiger partial charge in [0.1, 0.15) is 0 Å². The van der Waals surface area contributed by atoms with E-state index in [2.05, 4.69) is 29.3 Å². The molecular formula is C18H28IN5O. The van der Waals surface area contributed by atoms with Gasteiger partial charge in [-0.05, 0) is 18.9 Å². The summed E-state index contributed by atoms with van der Waals surface area (Å²) in [5.41, 5.74) is 11.5. The van der Waals surface area contributed by atoms with Crippen LogP contribution in [0, 0.1) is 0 Å². The standard InChI is InChI=1S/C18H27N5O.HI/c1-5-15-14(17(6-2)23(3)22-15)11-20-18(19)21-16-10-8-7-9-13(16)12-24-4;/h7-10H,5-6,11-12H2,1-4H3,(H3,19,20,21);1H. The Labute approximate surface area is 166 Å². The molecule has 1 aromatic carbocycles. The van der Waals surface area contributed by atoms with Crippen molar-refractivity contribution in [1.29, 1.82) is 0 Å². The second-order valence-corrected chi connectivity index (χ2v) is 5.62. The van der Waals surface area contributed by atoms with Crippen molar-refractivity contribution < 1.29 is 4.74 Å². The molecule has 0 saturated carbocycles. The molecule has 0 atom stereocenters. The van der Waals surface area contributed by atoms with Gasteiger partial charge in [-0.15, -0.1) is 24.0 Å². The number of guanidine groups is 1. The largest absolute Gasteiger partial charge is 0.380 e. The summed E-state index contributed by atoms with van der Waals surface area (Å²) < 4.78 is 7.16. The Hall–Kier alpha value is -1.61. The molecule has 1 heterocycles. The van der Waals surface area contributed by atoms with Crippen LogP contribution in [0.2, 0.25) is 0 Å². The third-order valence-electron chi connectivity index (χ3n) is 4.02. The number of hydrogen-bond acceptors (Lipinski definition) is 3. The average molecular weight is 457 g/mol. The number of nitrogens with one attached hydrogen (secondary N) is 1. The smallest absolute Gasteiger partial charge is 0.193 e. The first-order valence-corrected chi connectivity index (χ1v) is 8.28. The minimum absolute atomic E-state index is 0. The first-order valence-electron chi connectivity index (χ1n) is 8.28. The van der Waals surface area contributed by atoms with E-state index in [0.29, 0.717) is 19.1 Å². The first-order chi connectivity index (χ1) is 11.6. The maximum absolute atomic E-state index is 6.08. The number of nitrogens with two attached hydrogens (primary N) is 1. The molecule has 0 aliphatic heterocycles. The van der Waals surface area contributed by atoms with Gasteiger partial charge in [0.25, 0.3) is 0 Å². The van der Waals surface area contributed by atoms with Gasteiger partial charge in [0, 0.05) is 36.7 Å². The summed E-state index contributed by atoms with van der Waals surface area (Å²) in [6.07, 6.45) is 1.82. The minimum atomic E-state index is 0. The van der Waals surface area contributed by atoms with Crippen molar-refractivity contribution in [2.75, 3.05) is 12.4 Å². The van der Waals surface area contributed by atoms with E-state index in [1.807, 2.05) is 36.0 Å². The molecule has 25 heavy (non-hydrogen) atoms. The molecule has 2 aromatic rings. The summed E-state index contributed by atoms with van der Waals surface area (Å²) in [5.74, 6) is 0.395. The quantitative estimate of drug-likeness (QED) is 0.380. The molecule has 0 aliphatic rings. The van der Waals surface area contributed by atoms with Crippen molar-refractivity contribution in [3.8, 4) is 0 Å². The number of ether oxygens (including phenoxy) is 1. The lowest BCUT2D eigenvalue weighted by Crippen LogP contribution is -2.23. The van der Waals surface area contributed by atoms with Crippen LogP contribution in [-0.4, -0.2) is 22.8 Å². The summed E-state index contributed by atoms with van der Waals surface area (Å²) in [4.78, 5) is 4.51. The number of hydrogen-bond donors (Lipinski definition) is 2. The Morgan fingerprint density at radius 2 is 2.00 bits per heavy atom. The number of aliphatic imine (C=N–C) groups is 1. The Morgan fingerprint density at radius 3 is 2.64 bits per heavy atom. The van der Waals surface area contributed by atoms with E-state index in [4.69, 9.17) is 10.5 Å². The fourth-order valence-electron chi connectivity index (χ4n) is 2.84. The summed E-state index contributed by atoms with van der Waals surface area (Å²) in [5, 5.41) is 7.74. The van der Waals surface area contributed by atoms with Crippen molar-refractivity contribution in [3.05, 3.63) is 46.8 Å². The van der Waals surface area contributed by atoms with Gasteiger partial charge in [-0.3, -0.25) is 4.68 Å². The van der Waals surface area contributed by atoms with E-state index in [9.17, 15) is 0 Å². The molecule has 0 amide bonds. The van der Waals surface area contributed by atoms with Gasteiger partial charge in [0.05, 0.1) is 18.8 Å². The molecule has 0 radical (unpaired) electrons. The predicted octanol–water partition coefficient (Wildman–Crippen LogP) is 3.24. The lowest BCUT2D eigenvalue weighted by atomic mass is 10.1. The summed E-state index contributed by atoms with van der Waals surface area (Å²) >= 11 is 0. The highest BCUT2D eigenvalue weighted by molar-refractivity contribution is 14.0. The summed E-state index contributed by atoms with van der Waals surface area (Å²) in [6.45, 7) is 5.30. The average Bonchev–Trinajstić information content (AvgIpc) is 2.89. The van der Waals surface area contributed by atoms with E-state index in [0.717, 1.165) is 29.8 Å². The fraction of sp³-hybridized carbons (Fsp3) is 0.444. The van der Waals surface area contributed by atoms with E-state index in [-0.39, 0.29) is 24.0 Å². The Balaban J connectivity index is 0.00000312. The van der Waals surface area contributed by atoms with E-state index in [1.54, 1.807) is 7.11 Å². The lowest BCUT2D eigenvalue weighted by Gasteiger charge is -2.11. The Bertz CT molecular complexity index is 711. The molecular weight excluding hydrogens is 429 g/mol. The molecule has 138 valence electrons. The van der Waals surface area contributed by atoms with Crippen LogP contribution in [0.15, 0.2) is 29.3 Å². The van der Waals surface area contributed by atoms with Crippen molar-refractivity contribution in [2.24, 2.45) is 17.8 Å². The maximum atomic E-state index is 6.08. The summed E-state index contributed by atoms with van der Waals surface area (Å²) in [7, 11) is 3.66. The van der Waals surface area contributed by atoms with Gasteiger partial charge in [-0.2, -0.15) is 5.10 Å². The molecule has 0 spiro atoms. The Morgan fingerprint density at radius 1 is 1.28 bits per heavy atom. The normalized spacial score (nSPS) is 11.3. The third kappa shape index (κ3) is 5.43. The van der Waals surface area contributed by atoms with Gasteiger partial charge in [-0.1, -0.05) is 32.0 Å². The van der Waals surface area contributed by atoms with Crippen LogP contribution in [-0.2, 0) is 37.8 Å². The van der Waals surface area contributed by atoms with E-state index >= 15 is 0 Å². The predicted molar refractivity (Wildman–Crippen MR) is 113 cm³/mol. The zero-order valence-electron chi connectivity index (χ0n) is 15.4. The van der Waals surface area contributed by atoms with Gasteiger partial charge < -0.3 is 15.8 Å². The number of nitrogens with zero attached hydrogens (tertiary/aromatic N) is 3. The molecule has 3 N–H and O–H groups in total. The highest BCUT2D eigenvalue weighted by Crippen LogP contribution is 2.18. The van der Waals surface area contributed by atoms with Crippen LogP contribution in [0.25, 0.3) is 0 Å². The highest BCUT2D eigenvalue weighted by Gasteiger charge is 2.13. The number of aryl methyl sites for hydroxylation is 2. The zero-order chi connectivity index (χ0) is 17.5. The molecule has 0 aliphatic carbocycles. The van der Waals surface area contributed by atoms with Gasteiger partial charge in [0.2, 0.25) is 0 Å². The second-order valence-electron chi connectivity index (χ2n) is 5.62. The Kier molecular flexibility index (Phi) is 8.91. The van der Waals surface area contributed by atoms with Gasteiger partial charge >= 0.3 is 0 Å². The lowest BCUT2D eigenvalue weighted by molar-refractivity contribution is 0.185. The molecule has 0 unspecified atom stereocenters. The first kappa shape index (κ1) is 21.4. The minimum Gasteiger partial charge on any atom is -0.380 e. The molecule has 1 aromatic heterocycles. The van der Waals surface area contributed by atoms with Crippen LogP contribution in [0.4, 0.5) is 5.69 Å². The molecule has 0 saturated heterocycles. The van der Waals surface area contributed by atoms with Gasteiger partial charge in [0.15, 0.2) is 5.96 Å². The van der Waals surface area contributed by atoms with Crippen LogP contribution < -0.4 is 11.1 Å². The molecule has 0 bridgehead atoms. The van der Waals surface area contributed by atoms with Crippen molar-refractivity contribution >= 4 is 35.6 Å². The number of para-hydroxylation sites is 1. The molecule has 0 fully saturated rings. The topological polar surface area (TPSA) is 77.5 Å². The van der Waals surface area contributed by atoms with Crippen molar-refractivity contribution in [2.45, 2.75) is 39.8 Å². The zero-order valence-corrected chi connectivity index (χ0v) is 17.7. The third-order valence-corrected chi connectivity index (χ3v) is 4.02. The highest BCUT2D eigenvalue weighted by atomic mass is 127. The number of halogens is 1. The number of benzene rings is 1.